The first-order valence-corrected chi connectivity index (χ1v) is 7.73. The van der Waals surface area contributed by atoms with Crippen molar-refractivity contribution < 1.29 is 14.3 Å². The Labute approximate surface area is 125 Å². The molecule has 6 nitrogen and oxygen atoms in total. The average Bonchev–Trinajstić information content (AvgIpc) is 2.94. The summed E-state index contributed by atoms with van der Waals surface area (Å²) < 4.78 is 5.35. The molecule has 1 N–H and O–H groups in total. The first kappa shape index (κ1) is 15.6. The summed E-state index contributed by atoms with van der Waals surface area (Å²) in [5, 5.41) is 2.66. The zero-order valence-electron chi connectivity index (χ0n) is 11.9. The Morgan fingerprint density at radius 3 is 2.65 bits per heavy atom. The molecule has 2 aliphatic rings. The van der Waals surface area contributed by atoms with Gasteiger partial charge in [-0.1, -0.05) is 0 Å². The quantitative estimate of drug-likeness (QED) is 0.678. The van der Waals surface area contributed by atoms with Crippen LogP contribution in [-0.2, 0) is 14.3 Å². The minimum absolute atomic E-state index is 0.0223. The monoisotopic (exact) mass is 301 g/mol. The molecule has 0 aromatic carbocycles. The lowest BCUT2D eigenvalue weighted by Gasteiger charge is -2.32. The molecule has 2 amide bonds. The van der Waals surface area contributed by atoms with E-state index in [0.29, 0.717) is 11.8 Å². The Morgan fingerprint density at radius 1 is 1.35 bits per heavy atom. The second-order valence-corrected chi connectivity index (χ2v) is 5.68. The summed E-state index contributed by atoms with van der Waals surface area (Å²) in [6.45, 7) is 6.34. The van der Waals surface area contributed by atoms with Gasteiger partial charge in [-0.2, -0.15) is 12.6 Å². The Kier molecular flexibility index (Phi) is 5.68. The van der Waals surface area contributed by atoms with Crippen LogP contribution in [0.3, 0.4) is 0 Å². The predicted molar refractivity (Wildman–Crippen MR) is 78.8 cm³/mol. The summed E-state index contributed by atoms with van der Waals surface area (Å²) >= 11 is 4.16. The number of nitrogens with one attached hydrogen (secondary N) is 1. The van der Waals surface area contributed by atoms with E-state index < -0.39 is 6.04 Å². The van der Waals surface area contributed by atoms with Gasteiger partial charge in [0, 0.05) is 44.9 Å². The minimum Gasteiger partial charge on any atom is -0.379 e. The van der Waals surface area contributed by atoms with Gasteiger partial charge in [-0.25, -0.2) is 0 Å². The third-order valence-corrected chi connectivity index (χ3v) is 4.26. The molecule has 2 rings (SSSR count). The van der Waals surface area contributed by atoms with E-state index in [4.69, 9.17) is 4.74 Å². The van der Waals surface area contributed by atoms with Crippen LogP contribution in [0.2, 0.25) is 0 Å². The molecule has 0 radical (unpaired) electrons. The van der Waals surface area contributed by atoms with Gasteiger partial charge in [-0.15, -0.1) is 0 Å². The van der Waals surface area contributed by atoms with E-state index in [2.05, 4.69) is 22.8 Å². The number of morpholine rings is 1. The lowest BCUT2D eigenvalue weighted by atomic mass is 10.2. The Bertz CT molecular complexity index is 361. The van der Waals surface area contributed by atoms with Crippen LogP contribution < -0.4 is 5.32 Å². The van der Waals surface area contributed by atoms with E-state index >= 15 is 0 Å². The summed E-state index contributed by atoms with van der Waals surface area (Å²) in [6, 6.07) is -0.0972. The van der Waals surface area contributed by atoms with Crippen LogP contribution in [-0.4, -0.2) is 78.8 Å². The molecular weight excluding hydrogens is 278 g/mol. The van der Waals surface area contributed by atoms with Crippen molar-refractivity contribution in [1.82, 2.24) is 15.1 Å². The molecule has 7 heteroatoms. The number of rotatable bonds is 4. The van der Waals surface area contributed by atoms with Crippen LogP contribution in [0, 0.1) is 0 Å². The maximum atomic E-state index is 12.4. The minimum atomic E-state index is -0.515. The van der Waals surface area contributed by atoms with Gasteiger partial charge in [-0.05, 0) is 6.42 Å². The zero-order chi connectivity index (χ0) is 14.5. The van der Waals surface area contributed by atoms with Gasteiger partial charge in [0.2, 0.25) is 11.8 Å². The van der Waals surface area contributed by atoms with E-state index in [0.717, 1.165) is 45.8 Å². The molecule has 0 aromatic rings. The Morgan fingerprint density at radius 2 is 2.05 bits per heavy atom. The number of carbonyl (C=O) groups excluding carboxylic acids is 2. The van der Waals surface area contributed by atoms with Gasteiger partial charge < -0.3 is 15.0 Å². The fourth-order valence-corrected chi connectivity index (χ4v) is 3.08. The molecule has 2 unspecified atom stereocenters. The number of hydrogen-bond acceptors (Lipinski definition) is 5. The van der Waals surface area contributed by atoms with Crippen molar-refractivity contribution in [3.63, 3.8) is 0 Å². The maximum absolute atomic E-state index is 12.4. The Balaban J connectivity index is 1.87. The normalized spacial score (nSPS) is 25.5. The lowest BCUT2D eigenvalue weighted by Crippen LogP contribution is -2.50. The highest BCUT2D eigenvalue weighted by molar-refractivity contribution is 7.80. The standard InChI is InChI=1S/C13H23N3O3S/c1-10(17)14-12(9-20)13(18)16-3-2-11(8-16)15-4-6-19-7-5-15/h11-12,20H,2-9H2,1H3,(H,14,17). The van der Waals surface area contributed by atoms with Crippen molar-refractivity contribution in [1.29, 1.82) is 0 Å². The number of carbonyl (C=O) groups is 2. The molecule has 2 fully saturated rings. The van der Waals surface area contributed by atoms with Crippen LogP contribution in [0.4, 0.5) is 0 Å². The second-order valence-electron chi connectivity index (χ2n) is 5.31. The number of amides is 2. The average molecular weight is 301 g/mol. The number of thiol groups is 1. The van der Waals surface area contributed by atoms with Crippen molar-refractivity contribution in [3.8, 4) is 0 Å². The van der Waals surface area contributed by atoms with E-state index in [1.165, 1.54) is 6.92 Å². The fourth-order valence-electron chi connectivity index (χ4n) is 2.83. The summed E-state index contributed by atoms with van der Waals surface area (Å²) in [5.41, 5.74) is 0. The number of nitrogens with zero attached hydrogens (tertiary/aromatic N) is 2. The molecule has 20 heavy (non-hydrogen) atoms. The Hall–Kier alpha value is -0.790. The van der Waals surface area contributed by atoms with Crippen molar-refractivity contribution in [3.05, 3.63) is 0 Å². The first-order valence-electron chi connectivity index (χ1n) is 7.10. The summed E-state index contributed by atoms with van der Waals surface area (Å²) in [6.07, 6.45) is 0.991. The topological polar surface area (TPSA) is 61.9 Å². The van der Waals surface area contributed by atoms with Crippen LogP contribution in [0.15, 0.2) is 0 Å². The smallest absolute Gasteiger partial charge is 0.246 e. The molecule has 2 atom stereocenters. The molecule has 114 valence electrons. The summed E-state index contributed by atoms with van der Waals surface area (Å²) in [5.74, 6) is 0.115. The molecule has 0 spiro atoms. The molecule has 2 saturated heterocycles. The predicted octanol–water partition coefficient (Wildman–Crippen LogP) is -0.646. The van der Waals surface area contributed by atoms with E-state index in [1.54, 1.807) is 0 Å². The van der Waals surface area contributed by atoms with E-state index in [1.807, 2.05) is 4.90 Å². The van der Waals surface area contributed by atoms with Gasteiger partial charge in [0.15, 0.2) is 0 Å². The molecule has 0 bridgehead atoms. The van der Waals surface area contributed by atoms with Crippen molar-refractivity contribution >= 4 is 24.4 Å². The van der Waals surface area contributed by atoms with Crippen molar-refractivity contribution in [2.45, 2.75) is 25.4 Å². The van der Waals surface area contributed by atoms with Crippen LogP contribution in [0.5, 0.6) is 0 Å². The fraction of sp³-hybridized carbons (Fsp3) is 0.846. The van der Waals surface area contributed by atoms with Gasteiger partial charge >= 0.3 is 0 Å². The van der Waals surface area contributed by atoms with E-state index in [-0.39, 0.29) is 11.8 Å². The van der Waals surface area contributed by atoms with Crippen molar-refractivity contribution in [2.24, 2.45) is 0 Å². The number of likely N-dealkylation sites (tertiary alicyclic amines) is 1. The highest BCUT2D eigenvalue weighted by Gasteiger charge is 2.33. The molecular formula is C13H23N3O3S. The molecule has 0 aliphatic carbocycles. The molecule has 0 aromatic heterocycles. The second kappa shape index (κ2) is 7.28. The van der Waals surface area contributed by atoms with E-state index in [9.17, 15) is 9.59 Å². The lowest BCUT2D eigenvalue weighted by molar-refractivity contribution is -0.134. The third kappa shape index (κ3) is 3.86. The summed E-state index contributed by atoms with van der Waals surface area (Å²) in [4.78, 5) is 27.7. The SMILES string of the molecule is CC(=O)NC(CS)C(=O)N1CCC(N2CCOCC2)C1. The first-order chi connectivity index (χ1) is 9.61. The summed E-state index contributed by atoms with van der Waals surface area (Å²) in [7, 11) is 0. The molecule has 2 heterocycles. The number of hydrogen-bond donors (Lipinski definition) is 2. The van der Waals surface area contributed by atoms with Gasteiger partial charge in [-0.3, -0.25) is 14.5 Å². The van der Waals surface area contributed by atoms with Gasteiger partial charge in [0.25, 0.3) is 0 Å². The van der Waals surface area contributed by atoms with Gasteiger partial charge in [0.05, 0.1) is 13.2 Å². The van der Waals surface area contributed by atoms with Crippen molar-refractivity contribution in [2.75, 3.05) is 45.1 Å². The van der Waals surface area contributed by atoms with Gasteiger partial charge in [0.1, 0.15) is 6.04 Å². The van der Waals surface area contributed by atoms with Crippen LogP contribution in [0.25, 0.3) is 0 Å². The molecule has 2 aliphatic heterocycles. The zero-order valence-corrected chi connectivity index (χ0v) is 12.8. The van der Waals surface area contributed by atoms with Crippen LogP contribution in [0.1, 0.15) is 13.3 Å². The highest BCUT2D eigenvalue weighted by Crippen LogP contribution is 2.18. The third-order valence-electron chi connectivity index (χ3n) is 3.90. The van der Waals surface area contributed by atoms with Crippen LogP contribution >= 0.6 is 12.6 Å². The number of ether oxygens (including phenoxy) is 1. The largest absolute Gasteiger partial charge is 0.379 e. The highest BCUT2D eigenvalue weighted by atomic mass is 32.1. The molecule has 0 saturated carbocycles. The maximum Gasteiger partial charge on any atom is 0.246 e.